The lowest BCUT2D eigenvalue weighted by molar-refractivity contribution is -0.918. The van der Waals surface area contributed by atoms with Gasteiger partial charge in [-0.05, 0) is 30.3 Å². The maximum Gasteiger partial charge on any atom is 0.200 e. The third-order valence-electron chi connectivity index (χ3n) is 5.59. The van der Waals surface area contributed by atoms with Crippen LogP contribution in [0.1, 0.15) is 12.5 Å². The second-order valence-corrected chi connectivity index (χ2v) is 8.18. The van der Waals surface area contributed by atoms with Crippen molar-refractivity contribution in [2.45, 2.75) is 13.5 Å². The SMILES string of the molecule is CCN1CC[NH+](Cc2c([O-])ccc3c(=O)c(-c4ccc(Br)cc4)coc23)CC1. The summed E-state index contributed by atoms with van der Waals surface area (Å²) in [4.78, 5) is 16.8. The van der Waals surface area contributed by atoms with Gasteiger partial charge in [-0.2, -0.15) is 0 Å². The minimum atomic E-state index is -0.101. The molecule has 28 heavy (non-hydrogen) atoms. The number of likely N-dealkylation sites (N-methyl/N-ethyl adjacent to an activating group) is 1. The van der Waals surface area contributed by atoms with Gasteiger partial charge in [-0.3, -0.25) is 9.69 Å². The molecule has 1 aliphatic heterocycles. The molecule has 1 fully saturated rings. The molecule has 146 valence electrons. The van der Waals surface area contributed by atoms with Crippen molar-refractivity contribution in [3.8, 4) is 16.9 Å². The van der Waals surface area contributed by atoms with E-state index in [1.165, 1.54) is 17.2 Å². The van der Waals surface area contributed by atoms with E-state index in [0.29, 0.717) is 28.6 Å². The maximum absolute atomic E-state index is 13.1. The largest absolute Gasteiger partial charge is 0.872 e. The fourth-order valence-corrected chi connectivity index (χ4v) is 4.11. The highest BCUT2D eigenvalue weighted by Crippen LogP contribution is 2.26. The molecule has 0 amide bonds. The van der Waals surface area contributed by atoms with Crippen molar-refractivity contribution in [1.29, 1.82) is 0 Å². The van der Waals surface area contributed by atoms with Gasteiger partial charge in [0.2, 0.25) is 5.43 Å². The number of nitrogens with one attached hydrogen (secondary N) is 1. The van der Waals surface area contributed by atoms with Crippen LogP contribution < -0.4 is 15.4 Å². The van der Waals surface area contributed by atoms with Gasteiger partial charge >= 0.3 is 0 Å². The first-order valence-corrected chi connectivity index (χ1v) is 10.4. The Morgan fingerprint density at radius 1 is 1.14 bits per heavy atom. The molecule has 5 nitrogen and oxygen atoms in total. The van der Waals surface area contributed by atoms with Crippen molar-refractivity contribution < 1.29 is 14.4 Å². The van der Waals surface area contributed by atoms with Gasteiger partial charge in [0.15, 0.2) is 0 Å². The van der Waals surface area contributed by atoms with Crippen LogP contribution in [0.3, 0.4) is 0 Å². The molecule has 4 rings (SSSR count). The van der Waals surface area contributed by atoms with Gasteiger partial charge in [0.05, 0.1) is 24.0 Å². The summed E-state index contributed by atoms with van der Waals surface area (Å²) in [6, 6.07) is 10.6. The Balaban J connectivity index is 1.70. The lowest BCUT2D eigenvalue weighted by Crippen LogP contribution is -3.13. The molecular formula is C22H23BrN2O3. The third-order valence-corrected chi connectivity index (χ3v) is 6.12. The Morgan fingerprint density at radius 2 is 1.86 bits per heavy atom. The van der Waals surface area contributed by atoms with Crippen molar-refractivity contribution in [2.24, 2.45) is 0 Å². The molecule has 0 saturated carbocycles. The van der Waals surface area contributed by atoms with Crippen LogP contribution in [0.25, 0.3) is 22.1 Å². The molecule has 0 bridgehead atoms. The summed E-state index contributed by atoms with van der Waals surface area (Å²) >= 11 is 3.41. The molecule has 0 atom stereocenters. The minimum Gasteiger partial charge on any atom is -0.872 e. The topological polar surface area (TPSA) is 61.0 Å². The predicted molar refractivity (Wildman–Crippen MR) is 112 cm³/mol. The summed E-state index contributed by atoms with van der Waals surface area (Å²) in [5.41, 5.74) is 2.25. The maximum atomic E-state index is 13.1. The molecule has 1 saturated heterocycles. The lowest BCUT2D eigenvalue weighted by Gasteiger charge is -2.32. The number of halogens is 1. The smallest absolute Gasteiger partial charge is 0.200 e. The first kappa shape index (κ1) is 19.2. The van der Waals surface area contributed by atoms with E-state index in [2.05, 4.69) is 27.8 Å². The first-order valence-electron chi connectivity index (χ1n) is 9.63. The molecule has 1 aliphatic rings. The van der Waals surface area contributed by atoms with Gasteiger partial charge in [0.1, 0.15) is 18.4 Å². The normalized spacial score (nSPS) is 15.9. The van der Waals surface area contributed by atoms with Crippen LogP contribution in [0.15, 0.2) is 56.3 Å². The van der Waals surface area contributed by atoms with Crippen molar-refractivity contribution in [2.75, 3.05) is 32.7 Å². The third kappa shape index (κ3) is 3.72. The summed E-state index contributed by atoms with van der Waals surface area (Å²) in [6.07, 6.45) is 1.49. The van der Waals surface area contributed by atoms with Crippen molar-refractivity contribution >= 4 is 26.9 Å². The molecule has 0 unspecified atom stereocenters. The average Bonchev–Trinajstić information content (AvgIpc) is 2.72. The van der Waals surface area contributed by atoms with Crippen LogP contribution in [0, 0.1) is 0 Å². The van der Waals surface area contributed by atoms with Crippen LogP contribution in [0.4, 0.5) is 0 Å². The molecule has 1 aromatic heterocycles. The van der Waals surface area contributed by atoms with E-state index in [1.54, 1.807) is 6.07 Å². The summed E-state index contributed by atoms with van der Waals surface area (Å²) in [5, 5.41) is 13.0. The summed E-state index contributed by atoms with van der Waals surface area (Å²) in [6.45, 7) is 7.86. The van der Waals surface area contributed by atoms with Gasteiger partial charge in [0, 0.05) is 23.1 Å². The lowest BCUT2D eigenvalue weighted by atomic mass is 10.0. The molecule has 3 aromatic rings. The van der Waals surface area contributed by atoms with Gasteiger partial charge < -0.3 is 14.4 Å². The number of benzene rings is 2. The highest BCUT2D eigenvalue weighted by atomic mass is 79.9. The van der Waals surface area contributed by atoms with E-state index in [1.807, 2.05) is 24.3 Å². The quantitative estimate of drug-likeness (QED) is 0.671. The van der Waals surface area contributed by atoms with Gasteiger partial charge in [-0.1, -0.05) is 46.8 Å². The second kappa shape index (κ2) is 8.07. The Kier molecular flexibility index (Phi) is 5.53. The van der Waals surface area contributed by atoms with E-state index in [4.69, 9.17) is 4.42 Å². The first-order chi connectivity index (χ1) is 13.6. The summed E-state index contributed by atoms with van der Waals surface area (Å²) in [5.74, 6) is -0.0579. The van der Waals surface area contributed by atoms with E-state index in [0.717, 1.165) is 42.8 Å². The molecular weight excluding hydrogens is 420 g/mol. The number of hydrogen-bond acceptors (Lipinski definition) is 4. The Labute approximate surface area is 172 Å². The zero-order chi connectivity index (χ0) is 19.7. The molecule has 6 heteroatoms. The fraction of sp³-hybridized carbons (Fsp3) is 0.318. The number of hydrogen-bond donors (Lipinski definition) is 1. The van der Waals surface area contributed by atoms with Crippen LogP contribution in [0.5, 0.6) is 5.75 Å². The number of fused-ring (bicyclic) bond motifs is 1. The molecule has 2 aromatic carbocycles. The number of nitrogens with zero attached hydrogens (tertiary/aromatic N) is 1. The molecule has 1 N–H and O–H groups in total. The zero-order valence-electron chi connectivity index (χ0n) is 15.8. The van der Waals surface area contributed by atoms with Crippen LogP contribution in [-0.4, -0.2) is 37.6 Å². The summed E-state index contributed by atoms with van der Waals surface area (Å²) < 4.78 is 6.82. The van der Waals surface area contributed by atoms with Gasteiger partial charge in [-0.25, -0.2) is 0 Å². The fourth-order valence-electron chi connectivity index (χ4n) is 3.85. The standard InChI is InChI=1S/C22H23BrN2O3/c1-2-24-9-11-25(12-10-24)13-18-20(26)8-7-17-21(27)19(14-28-22(17)18)15-3-5-16(23)6-4-15/h3-8,14,26H,2,9-13H2,1H3. The second-order valence-electron chi connectivity index (χ2n) is 7.27. The molecule has 0 radical (unpaired) electrons. The van der Waals surface area contributed by atoms with E-state index in [9.17, 15) is 9.90 Å². The molecule has 2 heterocycles. The summed E-state index contributed by atoms with van der Waals surface area (Å²) in [7, 11) is 0. The number of rotatable bonds is 4. The predicted octanol–water partition coefficient (Wildman–Crippen LogP) is 2.02. The number of piperazine rings is 1. The Hall–Kier alpha value is -2.15. The minimum absolute atomic E-state index is 0.0579. The van der Waals surface area contributed by atoms with E-state index < -0.39 is 0 Å². The van der Waals surface area contributed by atoms with Crippen molar-refractivity contribution in [1.82, 2.24) is 4.90 Å². The van der Waals surface area contributed by atoms with Crippen LogP contribution >= 0.6 is 15.9 Å². The van der Waals surface area contributed by atoms with Crippen molar-refractivity contribution in [3.05, 3.63) is 62.9 Å². The van der Waals surface area contributed by atoms with Gasteiger partial charge in [0.25, 0.3) is 0 Å². The van der Waals surface area contributed by atoms with Crippen molar-refractivity contribution in [3.63, 3.8) is 0 Å². The van der Waals surface area contributed by atoms with Crippen LogP contribution in [0.2, 0.25) is 0 Å². The molecule has 0 spiro atoms. The zero-order valence-corrected chi connectivity index (χ0v) is 17.4. The molecule has 0 aliphatic carbocycles. The average molecular weight is 443 g/mol. The van der Waals surface area contributed by atoms with E-state index >= 15 is 0 Å². The number of quaternary nitrogens is 1. The Bertz CT molecular complexity index is 1040. The highest BCUT2D eigenvalue weighted by molar-refractivity contribution is 9.10. The monoisotopic (exact) mass is 442 g/mol. The van der Waals surface area contributed by atoms with Crippen LogP contribution in [-0.2, 0) is 6.54 Å². The van der Waals surface area contributed by atoms with E-state index in [-0.39, 0.29) is 11.2 Å². The highest BCUT2D eigenvalue weighted by Gasteiger charge is 2.21. The Morgan fingerprint density at radius 3 is 2.54 bits per heavy atom. The van der Waals surface area contributed by atoms with Gasteiger partial charge in [-0.15, -0.1) is 0 Å².